The summed E-state index contributed by atoms with van der Waals surface area (Å²) in [6, 6.07) is 6.27. The van der Waals surface area contributed by atoms with Gasteiger partial charge in [-0.25, -0.2) is 0 Å². The van der Waals surface area contributed by atoms with Crippen LogP contribution >= 0.6 is 11.6 Å². The fourth-order valence-corrected chi connectivity index (χ4v) is 2.86. The van der Waals surface area contributed by atoms with E-state index in [1.54, 1.807) is 0 Å². The van der Waals surface area contributed by atoms with Gasteiger partial charge in [0.2, 0.25) is 0 Å². The van der Waals surface area contributed by atoms with Crippen molar-refractivity contribution < 1.29 is 0 Å². The van der Waals surface area contributed by atoms with Crippen LogP contribution in [0.5, 0.6) is 0 Å². The lowest BCUT2D eigenvalue weighted by Crippen LogP contribution is -2.37. The predicted molar refractivity (Wildman–Crippen MR) is 88.7 cm³/mol. The predicted octanol–water partition coefficient (Wildman–Crippen LogP) is 4.46. The van der Waals surface area contributed by atoms with Crippen LogP contribution in [0.4, 0.5) is 5.69 Å². The fourth-order valence-electron chi connectivity index (χ4n) is 2.62. The zero-order chi connectivity index (χ0) is 14.8. The molecule has 0 saturated carbocycles. The molecule has 112 valence electrons. The lowest BCUT2D eigenvalue weighted by Gasteiger charge is -2.34. The highest BCUT2D eigenvalue weighted by Gasteiger charge is 2.20. The van der Waals surface area contributed by atoms with Gasteiger partial charge < -0.3 is 10.2 Å². The minimum atomic E-state index is 0.104. The number of piperidine rings is 1. The van der Waals surface area contributed by atoms with Gasteiger partial charge in [0.1, 0.15) is 0 Å². The van der Waals surface area contributed by atoms with E-state index in [9.17, 15) is 0 Å². The molecule has 1 saturated heterocycles. The monoisotopic (exact) mass is 294 g/mol. The van der Waals surface area contributed by atoms with Gasteiger partial charge in [0.25, 0.3) is 0 Å². The third kappa shape index (κ3) is 4.13. The van der Waals surface area contributed by atoms with E-state index in [0.29, 0.717) is 0 Å². The van der Waals surface area contributed by atoms with Gasteiger partial charge in [0.05, 0.1) is 0 Å². The first-order valence-electron chi connectivity index (χ1n) is 7.64. The van der Waals surface area contributed by atoms with Crippen LogP contribution in [0.15, 0.2) is 18.2 Å². The first-order valence-corrected chi connectivity index (χ1v) is 8.02. The van der Waals surface area contributed by atoms with Gasteiger partial charge in [-0.3, -0.25) is 0 Å². The Kier molecular flexibility index (Phi) is 4.98. The summed E-state index contributed by atoms with van der Waals surface area (Å²) < 4.78 is 0. The topological polar surface area (TPSA) is 15.3 Å². The number of rotatable bonds is 3. The van der Waals surface area contributed by atoms with Crippen LogP contribution in [0, 0.1) is 5.92 Å². The van der Waals surface area contributed by atoms with E-state index < -0.39 is 0 Å². The second-order valence-corrected chi connectivity index (χ2v) is 7.42. The first-order chi connectivity index (χ1) is 9.37. The van der Waals surface area contributed by atoms with Gasteiger partial charge in [-0.15, -0.1) is 0 Å². The van der Waals surface area contributed by atoms with Gasteiger partial charge in [-0.1, -0.05) is 24.6 Å². The number of hydrogen-bond donors (Lipinski definition) is 1. The maximum Gasteiger partial charge on any atom is 0.0471 e. The molecule has 1 aromatic rings. The van der Waals surface area contributed by atoms with Crippen molar-refractivity contribution in [3.05, 3.63) is 28.8 Å². The zero-order valence-electron chi connectivity index (χ0n) is 13.2. The third-order valence-electron chi connectivity index (χ3n) is 4.01. The fraction of sp³-hybridized carbons (Fsp3) is 0.647. The van der Waals surface area contributed by atoms with Crippen molar-refractivity contribution in [1.29, 1.82) is 0 Å². The molecule has 0 radical (unpaired) electrons. The molecule has 0 unspecified atom stereocenters. The van der Waals surface area contributed by atoms with Crippen LogP contribution in [0.3, 0.4) is 0 Å². The summed E-state index contributed by atoms with van der Waals surface area (Å²) in [7, 11) is 0. The zero-order valence-corrected chi connectivity index (χ0v) is 13.9. The average Bonchev–Trinajstić information content (AvgIpc) is 2.37. The summed E-state index contributed by atoms with van der Waals surface area (Å²) in [6.07, 6.45) is 2.55. The van der Waals surface area contributed by atoms with Gasteiger partial charge in [-0.2, -0.15) is 0 Å². The molecule has 3 heteroatoms. The van der Waals surface area contributed by atoms with Crippen LogP contribution in [0.25, 0.3) is 0 Å². The van der Waals surface area contributed by atoms with Crippen LogP contribution < -0.4 is 10.2 Å². The maximum atomic E-state index is 6.44. The minimum absolute atomic E-state index is 0.104. The lowest BCUT2D eigenvalue weighted by atomic mass is 9.98. The molecular weight excluding hydrogens is 268 g/mol. The Morgan fingerprint density at radius 2 is 1.90 bits per heavy atom. The molecular formula is C17H27ClN2. The number of hydrogen-bond acceptors (Lipinski definition) is 2. The number of benzene rings is 1. The van der Waals surface area contributed by atoms with Gasteiger partial charge in [0.15, 0.2) is 0 Å². The summed E-state index contributed by atoms with van der Waals surface area (Å²) >= 11 is 6.44. The Balaban J connectivity index is 2.17. The maximum absolute atomic E-state index is 6.44. The third-order valence-corrected chi connectivity index (χ3v) is 4.37. The van der Waals surface area contributed by atoms with E-state index >= 15 is 0 Å². The Bertz CT molecular complexity index is 443. The Labute approximate surface area is 128 Å². The highest BCUT2D eigenvalue weighted by atomic mass is 35.5. The van der Waals surface area contributed by atoms with Crippen LogP contribution in [-0.2, 0) is 6.54 Å². The smallest absolute Gasteiger partial charge is 0.0471 e. The summed E-state index contributed by atoms with van der Waals surface area (Å²) in [6.45, 7) is 12.0. The van der Waals surface area contributed by atoms with E-state index in [2.05, 4.69) is 50.0 Å². The van der Waals surface area contributed by atoms with Crippen molar-refractivity contribution in [2.24, 2.45) is 5.92 Å². The number of anilines is 1. The molecule has 1 heterocycles. The summed E-state index contributed by atoms with van der Waals surface area (Å²) in [4.78, 5) is 2.49. The molecule has 2 rings (SSSR count). The molecule has 0 aromatic heterocycles. The molecule has 0 amide bonds. The molecule has 1 N–H and O–H groups in total. The van der Waals surface area contributed by atoms with Gasteiger partial charge in [-0.05, 0) is 51.7 Å². The number of nitrogens with zero attached hydrogens (tertiary/aromatic N) is 1. The highest BCUT2D eigenvalue weighted by Crippen LogP contribution is 2.31. The first kappa shape index (κ1) is 15.7. The molecule has 0 aliphatic carbocycles. The van der Waals surface area contributed by atoms with Crippen LogP contribution in [0.1, 0.15) is 46.1 Å². The summed E-state index contributed by atoms with van der Waals surface area (Å²) in [5, 5.41) is 4.43. The summed E-state index contributed by atoms with van der Waals surface area (Å²) in [5.41, 5.74) is 2.65. The second-order valence-electron chi connectivity index (χ2n) is 7.01. The Hall–Kier alpha value is -0.730. The van der Waals surface area contributed by atoms with E-state index in [-0.39, 0.29) is 5.54 Å². The molecule has 1 fully saturated rings. The standard InChI is InChI=1S/C17H27ClN2/c1-13-8-10-20(11-9-13)16-7-5-6-15(18)14(16)12-19-17(2,3)4/h5-7,13,19H,8-12H2,1-4H3. The second kappa shape index (κ2) is 6.36. The van der Waals surface area contributed by atoms with Crippen molar-refractivity contribution >= 4 is 17.3 Å². The van der Waals surface area contributed by atoms with Crippen LogP contribution in [-0.4, -0.2) is 18.6 Å². The Morgan fingerprint density at radius 1 is 1.25 bits per heavy atom. The highest BCUT2D eigenvalue weighted by molar-refractivity contribution is 6.31. The molecule has 0 bridgehead atoms. The van der Waals surface area contributed by atoms with Crippen molar-refractivity contribution in [2.75, 3.05) is 18.0 Å². The summed E-state index contributed by atoms with van der Waals surface area (Å²) in [5.74, 6) is 0.849. The molecule has 20 heavy (non-hydrogen) atoms. The lowest BCUT2D eigenvalue weighted by molar-refractivity contribution is 0.420. The number of halogens is 1. The molecule has 1 aliphatic rings. The van der Waals surface area contributed by atoms with Crippen LogP contribution in [0.2, 0.25) is 5.02 Å². The van der Waals surface area contributed by atoms with E-state index in [1.165, 1.54) is 24.1 Å². The quantitative estimate of drug-likeness (QED) is 0.885. The van der Waals surface area contributed by atoms with Gasteiger partial charge >= 0.3 is 0 Å². The molecule has 1 aromatic carbocycles. The number of nitrogens with one attached hydrogen (secondary N) is 1. The average molecular weight is 295 g/mol. The Morgan fingerprint density at radius 3 is 2.50 bits per heavy atom. The van der Waals surface area contributed by atoms with Gasteiger partial charge in [0, 0.05) is 41.4 Å². The molecule has 0 atom stereocenters. The van der Waals surface area contributed by atoms with E-state index in [1.807, 2.05) is 6.07 Å². The molecule has 2 nitrogen and oxygen atoms in total. The van der Waals surface area contributed by atoms with Crippen molar-refractivity contribution in [2.45, 2.75) is 52.6 Å². The van der Waals surface area contributed by atoms with E-state index in [0.717, 1.165) is 30.6 Å². The molecule has 1 aliphatic heterocycles. The van der Waals surface area contributed by atoms with Crippen molar-refractivity contribution in [3.8, 4) is 0 Å². The minimum Gasteiger partial charge on any atom is -0.371 e. The molecule has 0 spiro atoms. The normalized spacial score (nSPS) is 17.6. The largest absolute Gasteiger partial charge is 0.371 e. The SMILES string of the molecule is CC1CCN(c2cccc(Cl)c2CNC(C)(C)C)CC1. The van der Waals surface area contributed by atoms with E-state index in [4.69, 9.17) is 11.6 Å². The van der Waals surface area contributed by atoms with Crippen molar-refractivity contribution in [1.82, 2.24) is 5.32 Å². The van der Waals surface area contributed by atoms with Crippen molar-refractivity contribution in [3.63, 3.8) is 0 Å².